The lowest BCUT2D eigenvalue weighted by atomic mass is 9.76. The molecule has 5 heteroatoms. The normalized spacial score (nSPS) is 28.0. The maximum atomic E-state index is 12.5. The highest BCUT2D eigenvalue weighted by Crippen LogP contribution is 2.40. The summed E-state index contributed by atoms with van der Waals surface area (Å²) in [6, 6.07) is 5.64. The predicted molar refractivity (Wildman–Crippen MR) is 86.5 cm³/mol. The summed E-state index contributed by atoms with van der Waals surface area (Å²) in [7, 11) is 0. The molecule has 1 heterocycles. The number of anilines is 1. The average molecular weight is 321 g/mol. The van der Waals surface area contributed by atoms with Gasteiger partial charge in [-0.25, -0.2) is 0 Å². The van der Waals surface area contributed by atoms with E-state index in [0.717, 1.165) is 30.5 Å². The van der Waals surface area contributed by atoms with Crippen molar-refractivity contribution < 1.29 is 9.59 Å². The summed E-state index contributed by atoms with van der Waals surface area (Å²) in [6.07, 6.45) is 2.71. The predicted octanol–water partition coefficient (Wildman–Crippen LogP) is 3.44. The number of fused-ring (bicyclic) bond motifs is 1. The van der Waals surface area contributed by atoms with Gasteiger partial charge in [0, 0.05) is 10.7 Å². The monoisotopic (exact) mass is 320 g/mol. The van der Waals surface area contributed by atoms with E-state index in [1.165, 1.54) is 4.90 Å². The number of imide groups is 1. The largest absolute Gasteiger partial charge is 0.367 e. The Kier molecular flexibility index (Phi) is 4.13. The Balaban J connectivity index is 1.68. The smallest absolute Gasteiger partial charge is 0.234 e. The lowest BCUT2D eigenvalue weighted by Gasteiger charge is -2.25. The van der Waals surface area contributed by atoms with Crippen LogP contribution < -0.4 is 5.32 Å². The average Bonchev–Trinajstić information content (AvgIpc) is 2.72. The van der Waals surface area contributed by atoms with Crippen LogP contribution >= 0.6 is 11.6 Å². The number of amides is 2. The Morgan fingerprint density at radius 1 is 1.23 bits per heavy atom. The minimum atomic E-state index is -0.111. The van der Waals surface area contributed by atoms with Crippen LogP contribution in [0.15, 0.2) is 18.2 Å². The van der Waals surface area contributed by atoms with E-state index in [-0.39, 0.29) is 30.3 Å². The van der Waals surface area contributed by atoms with Gasteiger partial charge in [-0.2, -0.15) is 0 Å². The number of carbonyl (C=O) groups is 2. The van der Waals surface area contributed by atoms with Crippen LogP contribution in [0, 0.1) is 24.7 Å². The summed E-state index contributed by atoms with van der Waals surface area (Å²) in [5.74, 6) is 0.272. The molecule has 3 rings (SSSR count). The Labute approximate surface area is 135 Å². The van der Waals surface area contributed by atoms with Crippen LogP contribution in [0.2, 0.25) is 5.02 Å². The standard InChI is InChI=1S/C17H21ClN2O2/c1-10-3-6-13-14(7-10)17(22)20(16(13)21)9-19-12-5-4-11(2)15(18)8-12/h4-5,8,10,13-14,19H,3,6-7,9H2,1-2H3. The van der Waals surface area contributed by atoms with Gasteiger partial charge in [-0.3, -0.25) is 14.5 Å². The Hall–Kier alpha value is -1.55. The van der Waals surface area contributed by atoms with Gasteiger partial charge in [-0.15, -0.1) is 0 Å². The van der Waals surface area contributed by atoms with E-state index >= 15 is 0 Å². The van der Waals surface area contributed by atoms with Crippen molar-refractivity contribution in [1.82, 2.24) is 4.90 Å². The second-order valence-corrected chi connectivity index (χ2v) is 6.94. The third-order valence-corrected chi connectivity index (χ3v) is 5.30. The number of benzene rings is 1. The zero-order valence-electron chi connectivity index (χ0n) is 12.9. The molecule has 4 nitrogen and oxygen atoms in total. The van der Waals surface area contributed by atoms with E-state index in [2.05, 4.69) is 12.2 Å². The Bertz CT molecular complexity index is 617. The number of aryl methyl sites for hydroxylation is 1. The zero-order valence-corrected chi connectivity index (χ0v) is 13.7. The number of carbonyl (C=O) groups excluding carboxylic acids is 2. The minimum absolute atomic E-state index is 0.0207. The van der Waals surface area contributed by atoms with Gasteiger partial charge in [-0.1, -0.05) is 24.6 Å². The molecule has 0 aromatic heterocycles. The van der Waals surface area contributed by atoms with Gasteiger partial charge in [0.1, 0.15) is 0 Å². The first kappa shape index (κ1) is 15.3. The van der Waals surface area contributed by atoms with E-state index < -0.39 is 0 Å². The first-order valence-corrected chi connectivity index (χ1v) is 8.20. The first-order valence-electron chi connectivity index (χ1n) is 7.82. The molecule has 0 bridgehead atoms. The number of halogens is 1. The molecule has 118 valence electrons. The fraction of sp³-hybridized carbons (Fsp3) is 0.529. The summed E-state index contributed by atoms with van der Waals surface area (Å²) in [4.78, 5) is 26.3. The molecule has 1 N–H and O–H groups in total. The summed E-state index contributed by atoms with van der Waals surface area (Å²) in [5, 5.41) is 3.81. The van der Waals surface area contributed by atoms with Crippen molar-refractivity contribution in [3.8, 4) is 0 Å². The van der Waals surface area contributed by atoms with Crippen LogP contribution in [0.3, 0.4) is 0 Å². The SMILES string of the molecule is Cc1ccc(NCN2C(=O)C3CCC(C)CC3C2=O)cc1Cl. The van der Waals surface area contributed by atoms with Crippen molar-refractivity contribution in [2.75, 3.05) is 12.0 Å². The van der Waals surface area contributed by atoms with Crippen LogP contribution in [0.1, 0.15) is 31.7 Å². The topological polar surface area (TPSA) is 49.4 Å². The summed E-state index contributed by atoms with van der Waals surface area (Å²) >= 11 is 6.09. The van der Waals surface area contributed by atoms with Crippen LogP contribution in [0.4, 0.5) is 5.69 Å². The molecule has 0 radical (unpaired) electrons. The van der Waals surface area contributed by atoms with E-state index in [0.29, 0.717) is 10.9 Å². The van der Waals surface area contributed by atoms with Crippen molar-refractivity contribution in [3.05, 3.63) is 28.8 Å². The number of nitrogens with one attached hydrogen (secondary N) is 1. The number of hydrogen-bond donors (Lipinski definition) is 1. The molecule has 1 saturated carbocycles. The molecule has 1 aliphatic carbocycles. The van der Waals surface area contributed by atoms with Gasteiger partial charge in [0.2, 0.25) is 11.8 Å². The van der Waals surface area contributed by atoms with Crippen molar-refractivity contribution >= 4 is 29.1 Å². The highest BCUT2D eigenvalue weighted by Gasteiger charge is 2.49. The van der Waals surface area contributed by atoms with E-state index in [9.17, 15) is 9.59 Å². The van der Waals surface area contributed by atoms with E-state index in [1.807, 2.05) is 25.1 Å². The van der Waals surface area contributed by atoms with Crippen molar-refractivity contribution in [2.45, 2.75) is 33.1 Å². The molecule has 2 amide bonds. The highest BCUT2D eigenvalue weighted by molar-refractivity contribution is 6.31. The quantitative estimate of drug-likeness (QED) is 0.868. The van der Waals surface area contributed by atoms with Gasteiger partial charge in [0.25, 0.3) is 0 Å². The fourth-order valence-electron chi connectivity index (χ4n) is 3.49. The van der Waals surface area contributed by atoms with Gasteiger partial charge < -0.3 is 5.32 Å². The van der Waals surface area contributed by atoms with Gasteiger partial charge >= 0.3 is 0 Å². The molecule has 2 fully saturated rings. The van der Waals surface area contributed by atoms with Gasteiger partial charge in [-0.05, 0) is 49.8 Å². The zero-order chi connectivity index (χ0) is 15.9. The van der Waals surface area contributed by atoms with Crippen LogP contribution in [0.5, 0.6) is 0 Å². The Morgan fingerprint density at radius 3 is 2.68 bits per heavy atom. The fourth-order valence-corrected chi connectivity index (χ4v) is 3.67. The van der Waals surface area contributed by atoms with Gasteiger partial charge in [0.15, 0.2) is 0 Å². The third-order valence-electron chi connectivity index (χ3n) is 4.89. The summed E-state index contributed by atoms with van der Waals surface area (Å²) < 4.78 is 0. The summed E-state index contributed by atoms with van der Waals surface area (Å²) in [5.41, 5.74) is 1.82. The number of likely N-dealkylation sites (tertiary alicyclic amines) is 1. The lowest BCUT2D eigenvalue weighted by molar-refractivity contribution is -0.139. The summed E-state index contributed by atoms with van der Waals surface area (Å²) in [6.45, 7) is 4.31. The van der Waals surface area contributed by atoms with Gasteiger partial charge in [0.05, 0.1) is 18.5 Å². The number of hydrogen-bond acceptors (Lipinski definition) is 3. The third kappa shape index (κ3) is 2.72. The minimum Gasteiger partial charge on any atom is -0.367 e. The molecule has 0 spiro atoms. The highest BCUT2D eigenvalue weighted by atomic mass is 35.5. The Morgan fingerprint density at radius 2 is 1.95 bits per heavy atom. The molecule has 1 aliphatic heterocycles. The molecule has 3 unspecified atom stereocenters. The maximum Gasteiger partial charge on any atom is 0.234 e. The molecular weight excluding hydrogens is 300 g/mol. The second-order valence-electron chi connectivity index (χ2n) is 6.53. The second kappa shape index (κ2) is 5.92. The molecule has 1 saturated heterocycles. The van der Waals surface area contributed by atoms with E-state index in [4.69, 9.17) is 11.6 Å². The molecule has 22 heavy (non-hydrogen) atoms. The number of rotatable bonds is 3. The molecule has 1 aromatic rings. The maximum absolute atomic E-state index is 12.5. The van der Waals surface area contributed by atoms with Crippen LogP contribution in [-0.2, 0) is 9.59 Å². The van der Waals surface area contributed by atoms with Crippen molar-refractivity contribution in [3.63, 3.8) is 0 Å². The molecule has 1 aromatic carbocycles. The lowest BCUT2D eigenvalue weighted by Crippen LogP contribution is -2.35. The van der Waals surface area contributed by atoms with Crippen molar-refractivity contribution in [1.29, 1.82) is 0 Å². The van der Waals surface area contributed by atoms with Crippen molar-refractivity contribution in [2.24, 2.45) is 17.8 Å². The van der Waals surface area contributed by atoms with E-state index in [1.54, 1.807) is 0 Å². The van der Waals surface area contributed by atoms with Crippen LogP contribution in [-0.4, -0.2) is 23.4 Å². The first-order chi connectivity index (χ1) is 10.5. The number of nitrogens with zero attached hydrogens (tertiary/aromatic N) is 1. The molecule has 3 atom stereocenters. The van der Waals surface area contributed by atoms with Crippen LogP contribution in [0.25, 0.3) is 0 Å². The molecule has 2 aliphatic rings. The molecular formula is C17H21ClN2O2.